The van der Waals surface area contributed by atoms with Crippen LogP contribution in [0.15, 0.2) is 24.3 Å². The lowest BCUT2D eigenvalue weighted by Gasteiger charge is -2.00. The zero-order chi connectivity index (χ0) is 9.42. The van der Waals surface area contributed by atoms with Gasteiger partial charge in [0.1, 0.15) is 0 Å². The molecule has 2 N–H and O–H groups in total. The molecule has 0 amide bonds. The van der Waals surface area contributed by atoms with E-state index < -0.39 is 0 Å². The minimum Gasteiger partial charge on any atom is -0.446 e. The number of nitrogens with one attached hydrogen (secondary N) is 1. The van der Waals surface area contributed by atoms with Crippen molar-refractivity contribution in [1.82, 2.24) is 4.98 Å². The minimum absolute atomic E-state index is 0.219. The second kappa shape index (κ2) is 2.76. The van der Waals surface area contributed by atoms with Crippen LogP contribution in [0, 0.1) is 0 Å². The third-order valence-corrected chi connectivity index (χ3v) is 2.15. The van der Waals surface area contributed by atoms with Crippen molar-refractivity contribution < 1.29 is 9.67 Å². The number of aromatic nitrogens is 2. The van der Waals surface area contributed by atoms with Crippen molar-refractivity contribution in [2.75, 3.05) is 0 Å². The van der Waals surface area contributed by atoms with Gasteiger partial charge in [0.25, 0.3) is 0 Å². The third-order valence-electron chi connectivity index (χ3n) is 2.15. The first-order chi connectivity index (χ1) is 6.20. The summed E-state index contributed by atoms with van der Waals surface area (Å²) in [4.78, 5) is 2.93. The summed E-state index contributed by atoms with van der Waals surface area (Å²) in [5.41, 5.74) is 2.00. The summed E-state index contributed by atoms with van der Waals surface area (Å²) >= 11 is 0. The van der Waals surface area contributed by atoms with Gasteiger partial charge in [-0.1, -0.05) is 12.1 Å². The van der Waals surface area contributed by atoms with Crippen molar-refractivity contribution in [3.8, 4) is 6.01 Å². The molecular weight excluding hydrogens is 164 g/mol. The summed E-state index contributed by atoms with van der Waals surface area (Å²) in [5, 5.41) is 9.61. The van der Waals surface area contributed by atoms with Gasteiger partial charge in [0, 0.05) is 0 Å². The van der Waals surface area contributed by atoms with E-state index >= 15 is 0 Å². The van der Waals surface area contributed by atoms with Crippen molar-refractivity contribution in [1.29, 1.82) is 0 Å². The Bertz CT molecular complexity index is 431. The first kappa shape index (κ1) is 8.10. The predicted molar refractivity (Wildman–Crippen MR) is 50.5 cm³/mol. The normalized spacial score (nSPS) is 11.3. The number of para-hydroxylation sites is 2. The predicted octanol–water partition coefficient (Wildman–Crippen LogP) is 1.74. The second-order valence-corrected chi connectivity index (χ2v) is 3.43. The number of H-pyrrole nitrogens is 1. The van der Waals surface area contributed by atoms with Crippen LogP contribution in [0.3, 0.4) is 0 Å². The zero-order valence-corrected chi connectivity index (χ0v) is 7.78. The fourth-order valence-electron chi connectivity index (χ4n) is 1.61. The van der Waals surface area contributed by atoms with E-state index in [2.05, 4.69) is 4.98 Å². The van der Waals surface area contributed by atoms with Crippen LogP contribution in [0.25, 0.3) is 11.0 Å². The SMILES string of the molecule is CC(C)[n+]1c(O)[nH]c2ccccc21. The van der Waals surface area contributed by atoms with Crippen molar-refractivity contribution in [2.24, 2.45) is 0 Å². The molecule has 3 heteroatoms. The molecule has 0 atom stereocenters. The zero-order valence-electron chi connectivity index (χ0n) is 7.78. The number of hydrogen-bond acceptors (Lipinski definition) is 1. The van der Waals surface area contributed by atoms with Crippen LogP contribution < -0.4 is 4.57 Å². The molecule has 0 fully saturated rings. The molecule has 1 heterocycles. The molecule has 0 saturated carbocycles. The largest absolute Gasteiger partial charge is 0.452 e. The summed E-state index contributed by atoms with van der Waals surface area (Å²) < 4.78 is 1.87. The molecule has 1 aromatic heterocycles. The van der Waals surface area contributed by atoms with Gasteiger partial charge in [0.05, 0.1) is 6.04 Å². The topological polar surface area (TPSA) is 39.9 Å². The van der Waals surface area contributed by atoms with E-state index in [-0.39, 0.29) is 12.1 Å². The lowest BCUT2D eigenvalue weighted by molar-refractivity contribution is -0.696. The molecule has 3 nitrogen and oxygen atoms in total. The van der Waals surface area contributed by atoms with Crippen LogP contribution in [-0.4, -0.2) is 10.1 Å². The molecular formula is C10H13N2O+. The van der Waals surface area contributed by atoms with Gasteiger partial charge in [-0.15, -0.1) is 0 Å². The average Bonchev–Trinajstić information content (AvgIpc) is 2.39. The number of nitrogens with zero attached hydrogens (tertiary/aromatic N) is 1. The van der Waals surface area contributed by atoms with Crippen LogP contribution in [-0.2, 0) is 0 Å². The highest BCUT2D eigenvalue weighted by molar-refractivity contribution is 5.71. The van der Waals surface area contributed by atoms with E-state index in [9.17, 15) is 5.11 Å². The van der Waals surface area contributed by atoms with Crippen LogP contribution in [0.1, 0.15) is 19.9 Å². The summed E-state index contributed by atoms with van der Waals surface area (Å²) in [6.45, 7) is 4.08. The fraction of sp³-hybridized carbons (Fsp3) is 0.300. The molecule has 0 aliphatic heterocycles. The first-order valence-corrected chi connectivity index (χ1v) is 4.41. The maximum absolute atomic E-state index is 9.61. The average molecular weight is 177 g/mol. The van der Waals surface area contributed by atoms with Gasteiger partial charge in [0.2, 0.25) is 0 Å². The van der Waals surface area contributed by atoms with Gasteiger partial charge in [-0.25, -0.2) is 4.98 Å². The Labute approximate surface area is 76.6 Å². The lowest BCUT2D eigenvalue weighted by Crippen LogP contribution is -2.34. The number of hydrogen-bond donors (Lipinski definition) is 2. The summed E-state index contributed by atoms with van der Waals surface area (Å²) in [6, 6.07) is 8.34. The molecule has 68 valence electrons. The highest BCUT2D eigenvalue weighted by atomic mass is 16.3. The van der Waals surface area contributed by atoms with Crippen molar-refractivity contribution in [3.63, 3.8) is 0 Å². The minimum atomic E-state index is 0.219. The van der Waals surface area contributed by atoms with Gasteiger partial charge in [-0.2, -0.15) is 4.57 Å². The summed E-state index contributed by atoms with van der Waals surface area (Å²) in [7, 11) is 0. The van der Waals surface area contributed by atoms with E-state index in [0.717, 1.165) is 11.0 Å². The highest BCUT2D eigenvalue weighted by Gasteiger charge is 2.18. The molecule has 13 heavy (non-hydrogen) atoms. The Balaban J connectivity index is 2.78. The number of aromatic amines is 1. The summed E-state index contributed by atoms with van der Waals surface area (Å²) in [6.07, 6.45) is 0. The number of benzene rings is 1. The maximum atomic E-state index is 9.61. The van der Waals surface area contributed by atoms with Crippen LogP contribution in [0.2, 0.25) is 0 Å². The van der Waals surface area contributed by atoms with Gasteiger partial charge >= 0.3 is 6.01 Å². The van der Waals surface area contributed by atoms with Gasteiger partial charge in [0.15, 0.2) is 11.0 Å². The monoisotopic (exact) mass is 177 g/mol. The Kier molecular flexibility index (Phi) is 1.72. The van der Waals surface area contributed by atoms with Gasteiger partial charge in [-0.3, -0.25) is 0 Å². The maximum Gasteiger partial charge on any atom is 0.452 e. The number of rotatable bonds is 1. The Hall–Kier alpha value is -1.51. The smallest absolute Gasteiger partial charge is 0.446 e. The molecule has 0 aliphatic carbocycles. The molecule has 1 aromatic carbocycles. The molecule has 2 aromatic rings. The highest BCUT2D eigenvalue weighted by Crippen LogP contribution is 2.14. The van der Waals surface area contributed by atoms with Crippen LogP contribution in [0.4, 0.5) is 0 Å². The lowest BCUT2D eigenvalue weighted by atomic mass is 10.3. The van der Waals surface area contributed by atoms with Gasteiger partial charge in [-0.05, 0) is 26.0 Å². The Morgan fingerprint density at radius 1 is 1.31 bits per heavy atom. The van der Waals surface area contributed by atoms with E-state index in [1.165, 1.54) is 0 Å². The van der Waals surface area contributed by atoms with E-state index in [0.29, 0.717) is 0 Å². The van der Waals surface area contributed by atoms with Crippen molar-refractivity contribution in [2.45, 2.75) is 19.9 Å². The molecule has 0 saturated heterocycles. The Morgan fingerprint density at radius 3 is 2.69 bits per heavy atom. The third kappa shape index (κ3) is 1.16. The number of imidazole rings is 1. The van der Waals surface area contributed by atoms with Crippen LogP contribution in [0.5, 0.6) is 6.01 Å². The van der Waals surface area contributed by atoms with Crippen molar-refractivity contribution >= 4 is 11.0 Å². The molecule has 0 bridgehead atoms. The van der Waals surface area contributed by atoms with E-state index in [1.807, 2.05) is 42.7 Å². The number of aromatic hydroxyl groups is 1. The quantitative estimate of drug-likeness (QED) is 0.640. The van der Waals surface area contributed by atoms with Crippen LogP contribution >= 0.6 is 0 Å². The summed E-state index contributed by atoms with van der Waals surface area (Å²) in [5.74, 6) is 0. The van der Waals surface area contributed by atoms with E-state index in [4.69, 9.17) is 0 Å². The molecule has 2 rings (SSSR count). The molecule has 0 unspecified atom stereocenters. The van der Waals surface area contributed by atoms with Crippen molar-refractivity contribution in [3.05, 3.63) is 24.3 Å². The molecule has 0 radical (unpaired) electrons. The fourth-order valence-corrected chi connectivity index (χ4v) is 1.61. The molecule has 0 spiro atoms. The first-order valence-electron chi connectivity index (χ1n) is 4.41. The Morgan fingerprint density at radius 2 is 2.00 bits per heavy atom. The standard InChI is InChI=1S/C10H12N2O/c1-7(2)12-9-6-4-3-5-8(9)11-10(12)13/h3-7H,1-2H3,(H,11,13)/p+1. The second-order valence-electron chi connectivity index (χ2n) is 3.43. The number of fused-ring (bicyclic) bond motifs is 1. The van der Waals surface area contributed by atoms with E-state index in [1.54, 1.807) is 0 Å². The van der Waals surface area contributed by atoms with Gasteiger partial charge < -0.3 is 5.11 Å². The molecule has 0 aliphatic rings.